The van der Waals surface area contributed by atoms with E-state index in [0.29, 0.717) is 13.0 Å². The number of fused-ring (bicyclic) bond motifs is 1. The predicted octanol–water partition coefficient (Wildman–Crippen LogP) is 3.95. The smallest absolute Gasteiger partial charge is 0.121 e. The first kappa shape index (κ1) is 30.5. The molecular weight excluding hydrogens is 536 g/mol. The van der Waals surface area contributed by atoms with Crippen LogP contribution in [0.2, 0.25) is 0 Å². The van der Waals surface area contributed by atoms with Crippen molar-refractivity contribution >= 4 is 11.0 Å². The van der Waals surface area contributed by atoms with Crippen molar-refractivity contribution < 1.29 is 5.11 Å². The maximum atomic E-state index is 9.60. The number of aliphatic hydroxyl groups is 1. The molecule has 1 unspecified atom stereocenters. The minimum absolute atomic E-state index is 0.0293. The predicted molar refractivity (Wildman–Crippen MR) is 171 cm³/mol. The Hall–Kier alpha value is -3.99. The van der Waals surface area contributed by atoms with E-state index in [-0.39, 0.29) is 12.6 Å². The monoisotopic (exact) mass is 578 g/mol. The van der Waals surface area contributed by atoms with Crippen LogP contribution in [0.5, 0.6) is 0 Å². The molecule has 0 bridgehead atoms. The lowest BCUT2D eigenvalue weighted by Gasteiger charge is -2.25. The highest BCUT2D eigenvalue weighted by Gasteiger charge is 2.13. The van der Waals surface area contributed by atoms with E-state index < -0.39 is 0 Å². The summed E-state index contributed by atoms with van der Waals surface area (Å²) in [5.74, 6) is 0.947. The van der Waals surface area contributed by atoms with Gasteiger partial charge in [0, 0.05) is 64.8 Å². The van der Waals surface area contributed by atoms with Gasteiger partial charge in [0.05, 0.1) is 35.0 Å². The zero-order valence-electron chi connectivity index (χ0n) is 24.6. The third kappa shape index (κ3) is 9.77. The Labute approximate surface area is 253 Å². The molecule has 9 nitrogen and oxygen atoms in total. The largest absolute Gasteiger partial charge is 0.396 e. The van der Waals surface area contributed by atoms with E-state index in [9.17, 15) is 5.11 Å². The molecule has 0 fully saturated rings. The lowest BCUT2D eigenvalue weighted by Crippen LogP contribution is -2.37. The van der Waals surface area contributed by atoms with Crippen LogP contribution in [0.3, 0.4) is 0 Å². The van der Waals surface area contributed by atoms with E-state index >= 15 is 0 Å². The molecule has 224 valence electrons. The van der Waals surface area contributed by atoms with E-state index in [2.05, 4.69) is 71.1 Å². The normalized spacial score (nSPS) is 12.2. The summed E-state index contributed by atoms with van der Waals surface area (Å²) in [7, 11) is 0. The minimum atomic E-state index is 0.0293. The number of benzene rings is 2. The van der Waals surface area contributed by atoms with Crippen LogP contribution in [-0.4, -0.2) is 62.7 Å². The fourth-order valence-corrected chi connectivity index (χ4v) is 5.12. The molecule has 0 saturated carbocycles. The summed E-state index contributed by atoms with van der Waals surface area (Å²) in [5.41, 5.74) is 6.59. The number of aromatic amines is 1. The molecule has 0 spiro atoms. The van der Waals surface area contributed by atoms with E-state index in [4.69, 9.17) is 0 Å². The van der Waals surface area contributed by atoms with E-state index in [1.165, 1.54) is 11.1 Å². The van der Waals surface area contributed by atoms with Crippen molar-refractivity contribution in [1.82, 2.24) is 40.8 Å². The molecule has 0 amide bonds. The van der Waals surface area contributed by atoms with Gasteiger partial charge >= 0.3 is 0 Å². The van der Waals surface area contributed by atoms with E-state index in [0.717, 1.165) is 74.1 Å². The van der Waals surface area contributed by atoms with E-state index in [1.54, 1.807) is 6.20 Å². The van der Waals surface area contributed by atoms with Gasteiger partial charge in [-0.05, 0) is 53.9 Å². The van der Waals surface area contributed by atoms with E-state index in [1.807, 2.05) is 60.8 Å². The number of para-hydroxylation sites is 2. The molecule has 1 atom stereocenters. The summed E-state index contributed by atoms with van der Waals surface area (Å²) in [4.78, 5) is 19.4. The average Bonchev–Trinajstić information content (AvgIpc) is 3.47. The number of hydrogen-bond donors (Lipinski definition) is 5. The number of pyridine rings is 2. The summed E-state index contributed by atoms with van der Waals surface area (Å²) < 4.78 is 0. The highest BCUT2D eigenvalue weighted by atomic mass is 16.3. The van der Waals surface area contributed by atoms with Crippen molar-refractivity contribution in [3.05, 3.63) is 126 Å². The molecule has 0 saturated heterocycles. The number of H-pyrrole nitrogens is 1. The van der Waals surface area contributed by atoms with Crippen molar-refractivity contribution in [1.29, 1.82) is 0 Å². The second-order valence-corrected chi connectivity index (χ2v) is 10.7. The first-order valence-corrected chi connectivity index (χ1v) is 15.1. The number of nitrogens with zero attached hydrogens (tertiary/aromatic N) is 4. The van der Waals surface area contributed by atoms with Crippen molar-refractivity contribution in [3.8, 4) is 0 Å². The second-order valence-electron chi connectivity index (χ2n) is 10.7. The summed E-state index contributed by atoms with van der Waals surface area (Å²) in [6, 6.07) is 28.9. The molecule has 3 aromatic heterocycles. The maximum Gasteiger partial charge on any atom is 0.121 e. The molecule has 3 heterocycles. The van der Waals surface area contributed by atoms with Gasteiger partial charge in [0.2, 0.25) is 0 Å². The summed E-state index contributed by atoms with van der Waals surface area (Å²) in [6.45, 7) is 6.64. The molecule has 0 aliphatic heterocycles. The Morgan fingerprint density at radius 2 is 1.51 bits per heavy atom. The standard InChI is InChI=1S/C34H42N8O/c43-22-15-31(30-8-4-6-17-38-30)39-19-21-42(20-18-35-24-29-7-3-5-16-37-29)26-28-13-11-27(12-14-28)23-36-25-34-40-32-9-1-2-10-33(32)41-34/h1-14,16-17,31,35-36,39,43H,15,18-26H2,(H,40,41). The third-order valence-corrected chi connectivity index (χ3v) is 7.41. The fourth-order valence-electron chi connectivity index (χ4n) is 5.12. The molecule has 0 aliphatic carbocycles. The van der Waals surface area contributed by atoms with Crippen LogP contribution in [0.4, 0.5) is 0 Å². The Morgan fingerprint density at radius 3 is 2.28 bits per heavy atom. The molecule has 2 aromatic carbocycles. The van der Waals surface area contributed by atoms with Gasteiger partial charge in [0.25, 0.3) is 0 Å². The minimum Gasteiger partial charge on any atom is -0.396 e. The zero-order valence-corrected chi connectivity index (χ0v) is 24.6. The van der Waals surface area contributed by atoms with Gasteiger partial charge in [-0.1, -0.05) is 48.5 Å². The Kier molecular flexibility index (Phi) is 11.8. The number of imidazole rings is 1. The Bertz CT molecular complexity index is 1440. The first-order valence-electron chi connectivity index (χ1n) is 15.1. The van der Waals surface area contributed by atoms with Crippen LogP contribution in [0.15, 0.2) is 97.3 Å². The third-order valence-electron chi connectivity index (χ3n) is 7.41. The second kappa shape index (κ2) is 16.6. The lowest BCUT2D eigenvalue weighted by molar-refractivity contribution is 0.242. The maximum absolute atomic E-state index is 9.60. The summed E-state index contributed by atoms with van der Waals surface area (Å²) in [5, 5.41) is 20.2. The summed E-state index contributed by atoms with van der Waals surface area (Å²) >= 11 is 0. The van der Waals surface area contributed by atoms with Crippen molar-refractivity contribution in [3.63, 3.8) is 0 Å². The molecule has 9 heteroatoms. The molecular formula is C34H42N8O. The van der Waals surface area contributed by atoms with Gasteiger partial charge < -0.3 is 26.0 Å². The number of hydrogen-bond acceptors (Lipinski definition) is 8. The van der Waals surface area contributed by atoms with Crippen LogP contribution in [0.25, 0.3) is 11.0 Å². The topological polar surface area (TPSA) is 114 Å². The highest BCUT2D eigenvalue weighted by molar-refractivity contribution is 5.74. The molecule has 0 radical (unpaired) electrons. The van der Waals surface area contributed by atoms with Crippen LogP contribution < -0.4 is 16.0 Å². The van der Waals surface area contributed by atoms with Crippen LogP contribution >= 0.6 is 0 Å². The SMILES string of the molecule is OCCC(NCCN(CCNCc1ccccn1)Cc1ccc(CNCc2nc3ccccc3[nH]2)cc1)c1ccccn1. The molecule has 0 aliphatic rings. The quantitative estimate of drug-likeness (QED) is 0.0994. The lowest BCUT2D eigenvalue weighted by atomic mass is 10.1. The molecule has 5 rings (SSSR count). The first-order chi connectivity index (χ1) is 21.3. The molecule has 43 heavy (non-hydrogen) atoms. The highest BCUT2D eigenvalue weighted by Crippen LogP contribution is 2.14. The Morgan fingerprint density at radius 1 is 0.744 bits per heavy atom. The van der Waals surface area contributed by atoms with Crippen LogP contribution in [0, 0.1) is 0 Å². The number of rotatable bonds is 18. The zero-order chi connectivity index (χ0) is 29.5. The Balaban J connectivity index is 1.12. The van der Waals surface area contributed by atoms with Crippen LogP contribution in [0.1, 0.15) is 40.8 Å². The van der Waals surface area contributed by atoms with Gasteiger partial charge in [0.15, 0.2) is 0 Å². The van der Waals surface area contributed by atoms with Gasteiger partial charge in [-0.3, -0.25) is 14.9 Å². The number of nitrogens with one attached hydrogen (secondary N) is 4. The molecule has 5 N–H and O–H groups in total. The van der Waals surface area contributed by atoms with Crippen molar-refractivity contribution in [2.24, 2.45) is 0 Å². The van der Waals surface area contributed by atoms with Gasteiger partial charge in [-0.25, -0.2) is 4.98 Å². The number of aliphatic hydroxyl groups excluding tert-OH is 1. The average molecular weight is 579 g/mol. The van der Waals surface area contributed by atoms with Gasteiger partial charge in [-0.15, -0.1) is 0 Å². The molecule has 5 aromatic rings. The van der Waals surface area contributed by atoms with Crippen molar-refractivity contribution in [2.45, 2.75) is 38.6 Å². The van der Waals surface area contributed by atoms with Gasteiger partial charge in [0.1, 0.15) is 5.82 Å². The number of aromatic nitrogens is 4. The fraction of sp³-hybridized carbons (Fsp3) is 0.324. The van der Waals surface area contributed by atoms with Crippen molar-refractivity contribution in [2.75, 3.05) is 32.8 Å². The summed E-state index contributed by atoms with van der Waals surface area (Å²) in [6.07, 6.45) is 4.27. The van der Waals surface area contributed by atoms with Gasteiger partial charge in [-0.2, -0.15) is 0 Å². The van der Waals surface area contributed by atoms with Crippen LogP contribution in [-0.2, 0) is 26.2 Å².